The molecule has 0 amide bonds. The summed E-state index contributed by atoms with van der Waals surface area (Å²) in [4.78, 5) is 39.6. The molecule has 14 nitrogen and oxygen atoms in total. The van der Waals surface area contributed by atoms with Crippen LogP contribution < -0.4 is 38.2 Å². The lowest BCUT2D eigenvalue weighted by atomic mass is 9.82. The van der Waals surface area contributed by atoms with Crippen molar-refractivity contribution in [1.29, 1.82) is 10.5 Å². The van der Waals surface area contributed by atoms with E-state index in [1.807, 2.05) is 17.4 Å². The minimum Gasteiger partial charge on any atom is -0.485 e. The molecule has 4 aliphatic carbocycles. The van der Waals surface area contributed by atoms with E-state index in [1.165, 1.54) is 149 Å². The molecule has 0 saturated heterocycles. The second kappa shape index (κ2) is 33.6. The summed E-state index contributed by atoms with van der Waals surface area (Å²) >= 11 is 16.9. The van der Waals surface area contributed by atoms with Crippen LogP contribution in [-0.2, 0) is 36.0 Å². The van der Waals surface area contributed by atoms with Gasteiger partial charge in [-0.25, -0.2) is 4.79 Å². The summed E-state index contributed by atoms with van der Waals surface area (Å²) in [5.41, 5.74) is 29.0. The van der Waals surface area contributed by atoms with Crippen molar-refractivity contribution < 1.29 is 47.9 Å². The molecule has 3 aliphatic heterocycles. The summed E-state index contributed by atoms with van der Waals surface area (Å²) in [6.07, 6.45) is 2.99. The molecule has 20 aromatic rings. The summed E-state index contributed by atoms with van der Waals surface area (Å²) in [7, 11) is 0. The number of carbonyl (C=O) groups is 2. The standard InChI is InChI=1S/C60H40N2O4S6.C58H42N2O6S4/c1-59(2)42-11-7-5-9-38(42)40-19-17-34(23-44(40)59)62(35-18-20-41-39-10-6-8-12-43(39)60(3,4)45(41)24-35)33-15-13-32(14-16-33)55-53-54(65-22-21-64-53)56(72-55)51-28-48-46(69-51)27-47(68-48)49-29-52-58(71-49)57-50(70-52)26-37(67-57)25-36(30-61)66-31-63;1-57(2)40-11-7-5-9-36(40)38-19-17-34(26-42(38)57)60(35-18-20-39-37-10-6-8-12-41(37)58(3,4)43(39)27-35)33-15-13-31(14-16-33)53-51-52(66-24-23-65-51)55(70-53)48-29-45-44(68-48)28-47(67-45)54-50-49(63-21-22-64-50)46(69-54)25-32(30-59)56(61)62/h5-20,23-29,31H,21-22H2,1-4H3;5-20,25-29H,21-24H2,1-4H3,(H,61,62)/b36-25-;32-25-. The molecule has 0 saturated carbocycles. The quantitative estimate of drug-likeness (QED) is 0.0395. The molecule has 0 atom stereocenters. The fourth-order valence-electron chi connectivity index (χ4n) is 21.8. The first-order chi connectivity index (χ1) is 69.0. The number of benzene rings is 10. The highest BCUT2D eigenvalue weighted by Crippen LogP contribution is 2.64. The molecule has 0 radical (unpaired) electrons. The number of carboxylic acid groups (broad SMARTS) is 1. The van der Waals surface area contributed by atoms with E-state index < -0.39 is 5.97 Å². The van der Waals surface area contributed by atoms with E-state index in [0.29, 0.717) is 56.0 Å². The molecular formula is C118H82N4O10S10. The van der Waals surface area contributed by atoms with Crippen LogP contribution in [0.5, 0.6) is 34.5 Å². The van der Waals surface area contributed by atoms with Gasteiger partial charge in [-0.05, 0) is 215 Å². The zero-order chi connectivity index (χ0) is 96.3. The number of thiophene rings is 10. The normalized spacial score (nSPS) is 15.2. The molecule has 24 heteroatoms. The van der Waals surface area contributed by atoms with E-state index in [2.05, 4.69) is 320 Å². The topological polar surface area (TPSA) is 173 Å². The molecule has 7 aliphatic rings. The largest absolute Gasteiger partial charge is 0.485 e. The number of hydrogen-bond donors (Lipinski definition) is 1. The minimum atomic E-state index is -1.28. The minimum absolute atomic E-state index is 0.0138. The Morgan fingerprint density at radius 2 is 0.641 bits per heavy atom. The lowest BCUT2D eigenvalue weighted by Gasteiger charge is -2.30. The van der Waals surface area contributed by atoms with Crippen LogP contribution in [0.1, 0.15) is 110 Å². The summed E-state index contributed by atoms with van der Waals surface area (Å²) in [5, 5.41) is 28.4. The first-order valence-electron chi connectivity index (χ1n) is 46.7. The van der Waals surface area contributed by atoms with Gasteiger partial charge in [0.2, 0.25) is 5.76 Å². The number of carboxylic acids is 1. The van der Waals surface area contributed by atoms with Gasteiger partial charge in [0.1, 0.15) is 57.4 Å². The van der Waals surface area contributed by atoms with Crippen LogP contribution in [0, 0.1) is 22.7 Å². The predicted octanol–water partition coefficient (Wildman–Crippen LogP) is 34.1. The third-order valence-corrected chi connectivity index (χ3v) is 41.2. The summed E-state index contributed by atoms with van der Waals surface area (Å²) < 4.78 is 52.2. The molecule has 142 heavy (non-hydrogen) atoms. The SMILES string of the molecule is CC1(C)c2ccccc2-c2ccc(N(c3ccc(-c4sc(-c5cc6sc(-c7cc8sc9cc(/C=C(/C#N)OC=O)sc9c8s7)cc6s5)c5c4OCCO5)cc3)c3ccc4c(c3)C(C)(C)c3ccccc3-4)cc21.CC1(C)c2ccccc2-c2ccc(N(c3ccc(-c4sc(-c5cc6sc(-c7sc(/C=C(/C#N)C(=O)O)c8c7OCCO8)cc6s5)c5c4OCCO5)cc3)c3ccc4c(c3)C(C)(C)c3ccccc3-4)cc21. The van der Waals surface area contributed by atoms with Crippen LogP contribution in [0.15, 0.2) is 266 Å². The fourth-order valence-corrected chi connectivity index (χ4v) is 34.4. The van der Waals surface area contributed by atoms with Crippen molar-refractivity contribution >= 4 is 210 Å². The number of nitriles is 2. The van der Waals surface area contributed by atoms with Gasteiger partial charge in [0, 0.05) is 105 Å². The van der Waals surface area contributed by atoms with Crippen molar-refractivity contribution in [2.24, 2.45) is 0 Å². The molecule has 0 spiro atoms. The van der Waals surface area contributed by atoms with Gasteiger partial charge >= 0.3 is 5.97 Å². The highest BCUT2D eigenvalue weighted by atomic mass is 32.1. The number of rotatable bonds is 17. The van der Waals surface area contributed by atoms with Gasteiger partial charge in [0.05, 0.1) is 53.3 Å². The summed E-state index contributed by atoms with van der Waals surface area (Å²) in [6, 6.07) is 98.3. The van der Waals surface area contributed by atoms with Gasteiger partial charge in [-0.15, -0.1) is 113 Å². The molecule has 1 N–H and O–H groups in total. The van der Waals surface area contributed by atoms with Crippen LogP contribution in [0.3, 0.4) is 0 Å². The lowest BCUT2D eigenvalue weighted by Crippen LogP contribution is -2.18. The zero-order valence-electron chi connectivity index (χ0n) is 77.7. The van der Waals surface area contributed by atoms with Crippen molar-refractivity contribution in [2.75, 3.05) is 49.4 Å². The Bertz CT molecular complexity index is 8640. The summed E-state index contributed by atoms with van der Waals surface area (Å²) in [6.45, 7) is 21.7. The molecule has 13 heterocycles. The van der Waals surface area contributed by atoms with E-state index in [0.717, 1.165) is 117 Å². The van der Waals surface area contributed by atoms with E-state index in [-0.39, 0.29) is 39.5 Å². The van der Waals surface area contributed by atoms with E-state index >= 15 is 0 Å². The lowest BCUT2D eigenvalue weighted by molar-refractivity contribution is -0.132. The maximum absolute atomic E-state index is 11.7. The van der Waals surface area contributed by atoms with Crippen LogP contribution >= 0.6 is 113 Å². The Kier molecular flexibility index (Phi) is 20.9. The zero-order valence-corrected chi connectivity index (χ0v) is 85.9. The maximum Gasteiger partial charge on any atom is 0.346 e. The average Bonchev–Trinajstić information content (AvgIpc) is 1.57. The monoisotopic (exact) mass is 2030 g/mol. The molecule has 10 aromatic heterocycles. The van der Waals surface area contributed by atoms with Gasteiger partial charge < -0.3 is 48.1 Å². The molecule has 27 rings (SSSR count). The number of ether oxygens (including phenoxy) is 7. The van der Waals surface area contributed by atoms with E-state index in [1.54, 1.807) is 103 Å². The van der Waals surface area contributed by atoms with Crippen molar-refractivity contribution in [1.82, 2.24) is 0 Å². The average molecular weight is 2040 g/mol. The number of aliphatic carboxylic acids is 1. The van der Waals surface area contributed by atoms with Gasteiger partial charge in [-0.1, -0.05) is 201 Å². The molecule has 10 aromatic carbocycles. The first kappa shape index (κ1) is 88.2. The second-order valence-corrected chi connectivity index (χ2v) is 48.9. The number of nitrogens with zero attached hydrogens (tertiary/aromatic N) is 4. The maximum atomic E-state index is 11.7. The van der Waals surface area contributed by atoms with E-state index in [9.17, 15) is 25.2 Å². The Morgan fingerprint density at radius 3 is 1.02 bits per heavy atom. The number of hydrogen-bond acceptors (Lipinski definition) is 23. The predicted molar refractivity (Wildman–Crippen MR) is 589 cm³/mol. The third kappa shape index (κ3) is 14.1. The number of carbonyl (C=O) groups excluding carboxylic acids is 1. The molecular weight excluding hydrogens is 1950 g/mol. The Balaban J connectivity index is 0.000000146. The van der Waals surface area contributed by atoms with E-state index in [4.69, 9.17) is 33.2 Å². The van der Waals surface area contributed by atoms with Gasteiger partial charge in [0.25, 0.3) is 6.47 Å². The smallest absolute Gasteiger partial charge is 0.346 e. The number of allylic oxidation sites excluding steroid dienone is 1. The third-order valence-electron chi connectivity index (χ3n) is 28.7. The fraction of sp³-hybridized carbons (Fsp3) is 0.153. The van der Waals surface area contributed by atoms with Crippen LogP contribution in [0.25, 0.3) is 154 Å². The second-order valence-electron chi connectivity index (χ2n) is 38.2. The van der Waals surface area contributed by atoms with Crippen molar-refractivity contribution in [2.45, 2.75) is 77.0 Å². The van der Waals surface area contributed by atoms with Crippen molar-refractivity contribution in [3.05, 3.63) is 320 Å². The Hall–Kier alpha value is -14.0. The Morgan fingerprint density at radius 1 is 0.324 bits per heavy atom. The molecule has 0 bridgehead atoms. The highest BCUT2D eigenvalue weighted by molar-refractivity contribution is 7.41. The van der Waals surface area contributed by atoms with Gasteiger partial charge in [-0.2, -0.15) is 10.5 Å². The molecule has 0 unspecified atom stereocenters. The first-order valence-corrected chi connectivity index (χ1v) is 54.9. The Labute approximate surface area is 858 Å². The van der Waals surface area contributed by atoms with Gasteiger partial charge in [-0.3, -0.25) is 4.79 Å². The molecule has 694 valence electrons. The highest BCUT2D eigenvalue weighted by Gasteiger charge is 2.43. The van der Waals surface area contributed by atoms with Crippen LogP contribution in [0.4, 0.5) is 34.1 Å². The number of anilines is 6. The van der Waals surface area contributed by atoms with Crippen LogP contribution in [0.2, 0.25) is 0 Å². The molecule has 0 fully saturated rings. The van der Waals surface area contributed by atoms with Crippen molar-refractivity contribution in [3.8, 4) is 151 Å². The van der Waals surface area contributed by atoms with Crippen molar-refractivity contribution in [3.63, 3.8) is 0 Å². The number of fused-ring (bicyclic) bond motifs is 20. The van der Waals surface area contributed by atoms with Gasteiger partial charge in [0.15, 0.2) is 34.5 Å². The van der Waals surface area contributed by atoms with Crippen LogP contribution in [-0.4, -0.2) is 57.2 Å². The summed E-state index contributed by atoms with van der Waals surface area (Å²) in [5.74, 6) is 2.96.